The van der Waals surface area contributed by atoms with Crippen molar-refractivity contribution >= 4 is 35.6 Å². The van der Waals surface area contributed by atoms with Gasteiger partial charge in [-0.1, -0.05) is 11.6 Å². The lowest BCUT2D eigenvalue weighted by Gasteiger charge is -2.12. The molecule has 1 unspecified atom stereocenters. The van der Waals surface area contributed by atoms with Crippen molar-refractivity contribution in [3.05, 3.63) is 63.2 Å². The topological polar surface area (TPSA) is 107 Å². The van der Waals surface area contributed by atoms with Crippen LogP contribution in [-0.2, 0) is 0 Å². The lowest BCUT2D eigenvalue weighted by molar-refractivity contribution is -0.385. The molecule has 7 nitrogen and oxygen atoms in total. The average molecular weight is 412 g/mol. The highest BCUT2D eigenvalue weighted by Gasteiger charge is 2.28. The van der Waals surface area contributed by atoms with E-state index in [0.717, 1.165) is 12.8 Å². The molecule has 9 heteroatoms. The maximum absolute atomic E-state index is 12.1. The predicted molar refractivity (Wildman–Crippen MR) is 105 cm³/mol. The Kier molecular flexibility index (Phi) is 7.01. The molecule has 0 saturated heterocycles. The Morgan fingerprint density at radius 2 is 1.96 bits per heavy atom. The van der Waals surface area contributed by atoms with Crippen LogP contribution in [0.3, 0.4) is 0 Å². The molecule has 2 aromatic rings. The summed E-state index contributed by atoms with van der Waals surface area (Å²) in [5.74, 6) is 0.750. The van der Waals surface area contributed by atoms with Gasteiger partial charge in [0.25, 0.3) is 5.91 Å². The largest absolute Gasteiger partial charge is 0.450 e. The van der Waals surface area contributed by atoms with Crippen LogP contribution in [0.2, 0.25) is 5.02 Å². The first-order valence-electron chi connectivity index (χ1n) is 8.19. The molecule has 0 spiro atoms. The van der Waals surface area contributed by atoms with Crippen LogP contribution in [0.15, 0.2) is 42.5 Å². The summed E-state index contributed by atoms with van der Waals surface area (Å²) < 4.78 is 5.55. The SMILES string of the molecule is Cl.NC(CNC(=O)c1ccc(Oc2ccc(Cl)cc2[N+](=O)[O-])cc1)C1CC1. The molecule has 1 amide bonds. The summed E-state index contributed by atoms with van der Waals surface area (Å²) in [7, 11) is 0. The molecule has 1 saturated carbocycles. The molecule has 0 aromatic heterocycles. The number of nitrogens with two attached hydrogens (primary N) is 1. The van der Waals surface area contributed by atoms with E-state index in [0.29, 0.717) is 23.8 Å². The van der Waals surface area contributed by atoms with E-state index in [1.165, 1.54) is 18.2 Å². The van der Waals surface area contributed by atoms with Crippen molar-refractivity contribution in [2.24, 2.45) is 11.7 Å². The van der Waals surface area contributed by atoms with Gasteiger partial charge < -0.3 is 15.8 Å². The van der Waals surface area contributed by atoms with Crippen LogP contribution in [0.25, 0.3) is 0 Å². The summed E-state index contributed by atoms with van der Waals surface area (Å²) >= 11 is 5.78. The molecule has 0 aliphatic heterocycles. The Morgan fingerprint density at radius 3 is 2.56 bits per heavy atom. The van der Waals surface area contributed by atoms with Crippen LogP contribution >= 0.6 is 24.0 Å². The summed E-state index contributed by atoms with van der Waals surface area (Å²) in [6.07, 6.45) is 2.25. The van der Waals surface area contributed by atoms with Gasteiger partial charge in [-0.05, 0) is 55.2 Å². The van der Waals surface area contributed by atoms with E-state index in [2.05, 4.69) is 5.32 Å². The van der Waals surface area contributed by atoms with Crippen molar-refractivity contribution in [1.29, 1.82) is 0 Å². The normalized spacial score (nSPS) is 14.0. The third-order valence-corrected chi connectivity index (χ3v) is 4.42. The van der Waals surface area contributed by atoms with Gasteiger partial charge in [-0.3, -0.25) is 14.9 Å². The van der Waals surface area contributed by atoms with Crippen LogP contribution in [0.5, 0.6) is 11.5 Å². The van der Waals surface area contributed by atoms with E-state index in [-0.39, 0.29) is 40.8 Å². The Morgan fingerprint density at radius 1 is 1.30 bits per heavy atom. The highest BCUT2D eigenvalue weighted by molar-refractivity contribution is 6.30. The minimum Gasteiger partial charge on any atom is -0.450 e. The van der Waals surface area contributed by atoms with Crippen LogP contribution in [0, 0.1) is 16.0 Å². The molecule has 3 rings (SSSR count). The number of nitro benzene ring substituents is 1. The molecule has 1 fully saturated rings. The standard InChI is InChI=1S/C18H18ClN3O4.ClH/c19-13-5-8-17(16(9-13)22(24)25)26-14-6-3-12(4-7-14)18(23)21-10-15(20)11-1-2-11;/h3-9,11,15H,1-2,10,20H2,(H,21,23);1H. The average Bonchev–Trinajstić information content (AvgIpc) is 3.46. The number of carbonyl (C=O) groups is 1. The monoisotopic (exact) mass is 411 g/mol. The van der Waals surface area contributed by atoms with Gasteiger partial charge >= 0.3 is 5.69 Å². The first kappa shape index (κ1) is 21.0. The van der Waals surface area contributed by atoms with Crippen molar-refractivity contribution in [3.8, 4) is 11.5 Å². The van der Waals surface area contributed by atoms with Crippen molar-refractivity contribution in [3.63, 3.8) is 0 Å². The summed E-state index contributed by atoms with van der Waals surface area (Å²) in [6.45, 7) is 0.443. The quantitative estimate of drug-likeness (QED) is 0.529. The van der Waals surface area contributed by atoms with Gasteiger partial charge in [-0.25, -0.2) is 0 Å². The summed E-state index contributed by atoms with van der Waals surface area (Å²) in [6, 6.07) is 10.5. The predicted octanol–water partition coefficient (Wildman–Crippen LogP) is 3.93. The maximum atomic E-state index is 12.1. The van der Waals surface area contributed by atoms with E-state index in [9.17, 15) is 14.9 Å². The van der Waals surface area contributed by atoms with E-state index in [1.807, 2.05) is 0 Å². The molecule has 0 radical (unpaired) electrons. The summed E-state index contributed by atoms with van der Waals surface area (Å²) in [5, 5.41) is 14.2. The number of nitrogens with zero attached hydrogens (tertiary/aromatic N) is 1. The minimum absolute atomic E-state index is 0. The number of carbonyl (C=O) groups excluding carboxylic acids is 1. The first-order valence-corrected chi connectivity index (χ1v) is 8.57. The maximum Gasteiger partial charge on any atom is 0.313 e. The van der Waals surface area contributed by atoms with Crippen LogP contribution in [0.1, 0.15) is 23.2 Å². The number of amides is 1. The number of hydrogen-bond donors (Lipinski definition) is 2. The highest BCUT2D eigenvalue weighted by atomic mass is 35.5. The molecule has 1 aliphatic rings. The molecule has 3 N–H and O–H groups in total. The molecule has 0 heterocycles. The van der Waals surface area contributed by atoms with E-state index in [4.69, 9.17) is 22.1 Å². The zero-order valence-electron chi connectivity index (χ0n) is 14.3. The van der Waals surface area contributed by atoms with Gasteiger partial charge in [0.05, 0.1) is 4.92 Å². The molecule has 0 bridgehead atoms. The number of nitro groups is 1. The van der Waals surface area contributed by atoms with Crippen molar-refractivity contribution in [2.75, 3.05) is 6.54 Å². The van der Waals surface area contributed by atoms with Crippen LogP contribution in [0.4, 0.5) is 5.69 Å². The van der Waals surface area contributed by atoms with Crippen LogP contribution in [-0.4, -0.2) is 23.4 Å². The van der Waals surface area contributed by atoms with E-state index in [1.54, 1.807) is 24.3 Å². The van der Waals surface area contributed by atoms with Crippen LogP contribution < -0.4 is 15.8 Å². The van der Waals surface area contributed by atoms with E-state index >= 15 is 0 Å². The number of halogens is 2. The van der Waals surface area contributed by atoms with Gasteiger partial charge in [0.2, 0.25) is 5.75 Å². The van der Waals surface area contributed by atoms with Gasteiger partial charge in [0, 0.05) is 29.2 Å². The summed E-state index contributed by atoms with van der Waals surface area (Å²) in [4.78, 5) is 22.7. The fraction of sp³-hybridized carbons (Fsp3) is 0.278. The Hall–Kier alpha value is -2.35. The second kappa shape index (κ2) is 9.03. The van der Waals surface area contributed by atoms with Gasteiger partial charge in [0.15, 0.2) is 0 Å². The van der Waals surface area contributed by atoms with Gasteiger partial charge in [-0.15, -0.1) is 12.4 Å². The fourth-order valence-corrected chi connectivity index (χ4v) is 2.69. The number of rotatable bonds is 7. The third-order valence-electron chi connectivity index (χ3n) is 4.19. The second-order valence-corrected chi connectivity index (χ2v) is 6.64. The molecule has 144 valence electrons. The Bertz CT molecular complexity index is 826. The van der Waals surface area contributed by atoms with Gasteiger partial charge in [-0.2, -0.15) is 0 Å². The first-order chi connectivity index (χ1) is 12.4. The lowest BCUT2D eigenvalue weighted by Crippen LogP contribution is -2.38. The van der Waals surface area contributed by atoms with E-state index < -0.39 is 4.92 Å². The Labute approximate surface area is 167 Å². The molecule has 27 heavy (non-hydrogen) atoms. The van der Waals surface area contributed by atoms with Crippen molar-refractivity contribution in [1.82, 2.24) is 5.32 Å². The fourth-order valence-electron chi connectivity index (χ4n) is 2.52. The highest BCUT2D eigenvalue weighted by Crippen LogP contribution is 2.33. The van der Waals surface area contributed by atoms with Gasteiger partial charge in [0.1, 0.15) is 5.75 Å². The third kappa shape index (κ3) is 5.56. The molecule has 2 aromatic carbocycles. The molecular formula is C18H19Cl2N3O4. The van der Waals surface area contributed by atoms with Crippen molar-refractivity contribution < 1.29 is 14.5 Å². The molecule has 1 atom stereocenters. The minimum atomic E-state index is -0.563. The number of nitrogens with one attached hydrogen (secondary N) is 1. The lowest BCUT2D eigenvalue weighted by atomic mass is 10.1. The number of ether oxygens (including phenoxy) is 1. The Balaban J connectivity index is 0.00000261. The zero-order valence-corrected chi connectivity index (χ0v) is 15.8. The smallest absolute Gasteiger partial charge is 0.313 e. The second-order valence-electron chi connectivity index (χ2n) is 6.21. The summed E-state index contributed by atoms with van der Waals surface area (Å²) in [5.41, 5.74) is 6.20. The number of hydrogen-bond acceptors (Lipinski definition) is 5. The zero-order chi connectivity index (χ0) is 18.7. The molecule has 1 aliphatic carbocycles. The molecular weight excluding hydrogens is 393 g/mol. The van der Waals surface area contributed by atoms with Crippen molar-refractivity contribution in [2.45, 2.75) is 18.9 Å². The number of benzene rings is 2.